The fraction of sp³-hybridized carbons (Fsp3) is 0.158. The maximum absolute atomic E-state index is 14.0. The second-order valence-electron chi connectivity index (χ2n) is 6.16. The lowest BCUT2D eigenvalue weighted by Crippen LogP contribution is -2.23. The van der Waals surface area contributed by atoms with Gasteiger partial charge in [0.15, 0.2) is 0 Å². The molecule has 1 unspecified atom stereocenters. The predicted octanol–water partition coefficient (Wildman–Crippen LogP) is 4.33. The second kappa shape index (κ2) is 6.25. The Kier molecular flexibility index (Phi) is 4.03. The number of benzene rings is 2. The number of likely N-dealkylation sites (N-methyl/N-ethyl adjacent to an activating group) is 1. The van der Waals surface area contributed by atoms with Gasteiger partial charge in [-0.15, -0.1) is 0 Å². The number of carbonyl (C=O) groups is 2. The predicted molar refractivity (Wildman–Crippen MR) is 95.9 cm³/mol. The summed E-state index contributed by atoms with van der Waals surface area (Å²) < 4.78 is 28.9. The van der Waals surface area contributed by atoms with E-state index < -0.39 is 17.7 Å². The minimum Gasteiger partial charge on any atom is -0.343 e. The van der Waals surface area contributed by atoms with Gasteiger partial charge >= 0.3 is 0 Å². The SMILES string of the molecule is CN1C(=O)SC(=O)C1c1cccc2c1ccn2Cc1ccc(F)cc1F. The van der Waals surface area contributed by atoms with E-state index in [1.165, 1.54) is 17.0 Å². The van der Waals surface area contributed by atoms with Gasteiger partial charge < -0.3 is 9.47 Å². The van der Waals surface area contributed by atoms with Gasteiger partial charge in [-0.3, -0.25) is 9.59 Å². The summed E-state index contributed by atoms with van der Waals surface area (Å²) in [6.07, 6.45) is 1.80. The van der Waals surface area contributed by atoms with E-state index in [2.05, 4.69) is 0 Å². The Balaban J connectivity index is 1.76. The van der Waals surface area contributed by atoms with Gasteiger partial charge in [0.05, 0.1) is 6.54 Å². The van der Waals surface area contributed by atoms with Crippen LogP contribution in [0.5, 0.6) is 0 Å². The highest BCUT2D eigenvalue weighted by Gasteiger charge is 2.39. The van der Waals surface area contributed by atoms with E-state index in [0.29, 0.717) is 17.3 Å². The molecule has 1 aliphatic heterocycles. The lowest BCUT2D eigenvalue weighted by Gasteiger charge is -2.18. The highest BCUT2D eigenvalue weighted by Crippen LogP contribution is 2.38. The van der Waals surface area contributed by atoms with E-state index in [0.717, 1.165) is 22.5 Å². The Bertz CT molecular complexity index is 1050. The van der Waals surface area contributed by atoms with Crippen molar-refractivity contribution in [1.29, 1.82) is 0 Å². The molecule has 4 nitrogen and oxygen atoms in total. The molecule has 1 amide bonds. The zero-order chi connectivity index (χ0) is 18.4. The quantitative estimate of drug-likeness (QED) is 0.687. The molecule has 0 spiro atoms. The summed E-state index contributed by atoms with van der Waals surface area (Å²) in [6.45, 7) is 0.237. The highest BCUT2D eigenvalue weighted by molar-refractivity contribution is 8.26. The van der Waals surface area contributed by atoms with Crippen LogP contribution in [0.25, 0.3) is 10.9 Å². The molecular formula is C19H14F2N2O2S. The van der Waals surface area contributed by atoms with E-state index in [-0.39, 0.29) is 16.9 Å². The van der Waals surface area contributed by atoms with Crippen molar-refractivity contribution < 1.29 is 18.4 Å². The average molecular weight is 372 g/mol. The van der Waals surface area contributed by atoms with Crippen LogP contribution in [0.15, 0.2) is 48.7 Å². The Labute approximate surface area is 152 Å². The molecule has 0 saturated carbocycles. The molecule has 0 bridgehead atoms. The Morgan fingerprint density at radius 3 is 2.62 bits per heavy atom. The third-order valence-electron chi connectivity index (χ3n) is 4.58. The van der Waals surface area contributed by atoms with Crippen LogP contribution in [-0.2, 0) is 11.3 Å². The summed E-state index contributed by atoms with van der Waals surface area (Å²) in [5, 5.41) is 0.350. The van der Waals surface area contributed by atoms with Crippen molar-refractivity contribution in [2.75, 3.05) is 7.05 Å². The number of rotatable bonds is 3. The molecule has 1 aliphatic rings. The van der Waals surface area contributed by atoms with Crippen molar-refractivity contribution in [3.8, 4) is 0 Å². The van der Waals surface area contributed by atoms with Crippen molar-refractivity contribution >= 4 is 33.0 Å². The summed E-state index contributed by atoms with van der Waals surface area (Å²) in [4.78, 5) is 25.5. The summed E-state index contributed by atoms with van der Waals surface area (Å²) in [7, 11) is 1.61. The smallest absolute Gasteiger partial charge is 0.289 e. The summed E-state index contributed by atoms with van der Waals surface area (Å²) >= 11 is 0.709. The van der Waals surface area contributed by atoms with Crippen molar-refractivity contribution in [3.05, 3.63) is 71.4 Å². The monoisotopic (exact) mass is 372 g/mol. The number of hydrogen-bond donors (Lipinski definition) is 0. The first-order valence-electron chi connectivity index (χ1n) is 7.96. The summed E-state index contributed by atoms with van der Waals surface area (Å²) in [5.41, 5.74) is 1.93. The Hall–Kier alpha value is -2.67. The molecule has 1 atom stereocenters. The number of halogens is 2. The average Bonchev–Trinajstić information content (AvgIpc) is 3.11. The lowest BCUT2D eigenvalue weighted by atomic mass is 10.0. The number of fused-ring (bicyclic) bond motifs is 1. The van der Waals surface area contributed by atoms with Crippen LogP contribution in [0, 0.1) is 11.6 Å². The van der Waals surface area contributed by atoms with Crippen LogP contribution >= 0.6 is 11.8 Å². The molecule has 0 N–H and O–H groups in total. The molecule has 1 saturated heterocycles. The van der Waals surface area contributed by atoms with Crippen molar-refractivity contribution in [1.82, 2.24) is 9.47 Å². The molecule has 3 aromatic rings. The molecular weight excluding hydrogens is 358 g/mol. The zero-order valence-electron chi connectivity index (χ0n) is 13.8. The fourth-order valence-electron chi connectivity index (χ4n) is 3.27. The zero-order valence-corrected chi connectivity index (χ0v) is 14.6. The van der Waals surface area contributed by atoms with Gasteiger partial charge in [-0.2, -0.15) is 0 Å². The topological polar surface area (TPSA) is 42.3 Å². The van der Waals surface area contributed by atoms with Gasteiger partial charge in [-0.25, -0.2) is 8.78 Å². The molecule has 7 heteroatoms. The van der Waals surface area contributed by atoms with E-state index in [1.54, 1.807) is 13.2 Å². The minimum atomic E-state index is -0.630. The molecule has 4 rings (SSSR count). The minimum absolute atomic E-state index is 0.206. The van der Waals surface area contributed by atoms with Crippen LogP contribution in [0.1, 0.15) is 17.2 Å². The van der Waals surface area contributed by atoms with Crippen LogP contribution < -0.4 is 0 Å². The van der Waals surface area contributed by atoms with E-state index in [4.69, 9.17) is 0 Å². The van der Waals surface area contributed by atoms with Gasteiger partial charge in [-0.1, -0.05) is 18.2 Å². The van der Waals surface area contributed by atoms with Gasteiger partial charge in [0.1, 0.15) is 17.7 Å². The van der Waals surface area contributed by atoms with Crippen molar-refractivity contribution in [3.63, 3.8) is 0 Å². The number of amides is 1. The molecule has 1 fully saturated rings. The molecule has 0 radical (unpaired) electrons. The van der Waals surface area contributed by atoms with Crippen LogP contribution in [-0.4, -0.2) is 26.9 Å². The first-order valence-corrected chi connectivity index (χ1v) is 8.77. The van der Waals surface area contributed by atoms with E-state index in [9.17, 15) is 18.4 Å². The van der Waals surface area contributed by atoms with Crippen LogP contribution in [0.4, 0.5) is 13.6 Å². The molecule has 0 aliphatic carbocycles. The Morgan fingerprint density at radius 2 is 1.92 bits per heavy atom. The van der Waals surface area contributed by atoms with E-state index >= 15 is 0 Å². The van der Waals surface area contributed by atoms with E-state index in [1.807, 2.05) is 28.8 Å². The number of hydrogen-bond acceptors (Lipinski definition) is 3. The standard InChI is InChI=1S/C19H14F2N2O2S/c1-22-17(18(24)26-19(22)25)14-3-2-4-16-13(14)7-8-23(16)10-11-5-6-12(20)9-15(11)21/h2-9,17H,10H2,1H3. The van der Waals surface area contributed by atoms with Gasteiger partial charge in [0, 0.05) is 47.5 Å². The number of nitrogens with zero attached hydrogens (tertiary/aromatic N) is 2. The third-order valence-corrected chi connectivity index (χ3v) is 5.47. The fourth-order valence-corrected chi connectivity index (χ4v) is 4.09. The van der Waals surface area contributed by atoms with Crippen molar-refractivity contribution in [2.24, 2.45) is 0 Å². The largest absolute Gasteiger partial charge is 0.343 e. The summed E-state index contributed by atoms with van der Waals surface area (Å²) in [5.74, 6) is -1.22. The number of carbonyl (C=O) groups excluding carboxylic acids is 2. The highest BCUT2D eigenvalue weighted by atomic mass is 32.2. The van der Waals surface area contributed by atoms with Crippen LogP contribution in [0.2, 0.25) is 0 Å². The Morgan fingerprint density at radius 1 is 1.12 bits per heavy atom. The number of thioether (sulfide) groups is 1. The first kappa shape index (κ1) is 16.8. The molecule has 1 aromatic heterocycles. The van der Waals surface area contributed by atoms with Crippen LogP contribution in [0.3, 0.4) is 0 Å². The maximum Gasteiger partial charge on any atom is 0.289 e. The molecule has 26 heavy (non-hydrogen) atoms. The van der Waals surface area contributed by atoms with Gasteiger partial charge in [0.2, 0.25) is 5.12 Å². The second-order valence-corrected chi connectivity index (χ2v) is 7.12. The van der Waals surface area contributed by atoms with Gasteiger partial charge in [-0.05, 0) is 23.8 Å². The normalized spacial score (nSPS) is 17.5. The lowest BCUT2D eigenvalue weighted by molar-refractivity contribution is -0.113. The molecule has 132 valence electrons. The van der Waals surface area contributed by atoms with Gasteiger partial charge in [0.25, 0.3) is 5.24 Å². The van der Waals surface area contributed by atoms with Crippen molar-refractivity contribution in [2.45, 2.75) is 12.6 Å². The summed E-state index contributed by atoms with van der Waals surface area (Å²) in [6, 6.07) is 10.2. The maximum atomic E-state index is 14.0. The first-order chi connectivity index (χ1) is 12.5. The molecule has 2 aromatic carbocycles. The third kappa shape index (κ3) is 2.68. The molecule has 2 heterocycles. The number of aromatic nitrogens is 1.